The summed E-state index contributed by atoms with van der Waals surface area (Å²) < 4.78 is 30.4. The average molecular weight is 391 g/mol. The molecule has 2 atom stereocenters. The van der Waals surface area contributed by atoms with Gasteiger partial charge in [-0.25, -0.2) is 18.4 Å². The number of aryl methyl sites for hydroxylation is 2. The van der Waals surface area contributed by atoms with E-state index in [9.17, 15) is 8.42 Å². The van der Waals surface area contributed by atoms with Gasteiger partial charge in [0.05, 0.1) is 11.4 Å². The summed E-state index contributed by atoms with van der Waals surface area (Å²) in [5.41, 5.74) is 1.30. The van der Waals surface area contributed by atoms with Gasteiger partial charge in [0.2, 0.25) is 10.0 Å². The molecule has 0 aliphatic carbocycles. The second-order valence-corrected chi connectivity index (χ2v) is 9.56. The fourth-order valence-corrected chi connectivity index (χ4v) is 6.59. The van der Waals surface area contributed by atoms with E-state index in [4.69, 9.17) is 0 Å². The number of hydrogen-bond donors (Lipinski definition) is 0. The Hall–Kier alpha value is -2.00. The van der Waals surface area contributed by atoms with E-state index in [0.29, 0.717) is 23.7 Å². The van der Waals surface area contributed by atoms with E-state index >= 15 is 0 Å². The summed E-state index contributed by atoms with van der Waals surface area (Å²) in [6.45, 7) is 10.8. The number of sulfonamides is 1. The lowest BCUT2D eigenvalue weighted by atomic mass is 9.91. The van der Waals surface area contributed by atoms with Crippen LogP contribution in [-0.4, -0.2) is 57.6 Å². The zero-order chi connectivity index (χ0) is 19.5. The van der Waals surface area contributed by atoms with Crippen LogP contribution in [0.1, 0.15) is 43.5 Å². The van der Waals surface area contributed by atoms with E-state index in [-0.39, 0.29) is 18.1 Å². The SMILES string of the molecule is Cc1nccc(N2CC3CC(C2)N3S(=O)(=O)c2c(C)nn(C(C)C)c2C)n1. The Morgan fingerprint density at radius 3 is 2.37 bits per heavy atom. The Morgan fingerprint density at radius 1 is 1.15 bits per heavy atom. The maximum absolute atomic E-state index is 13.4. The predicted octanol–water partition coefficient (Wildman–Crippen LogP) is 1.83. The monoisotopic (exact) mass is 390 g/mol. The van der Waals surface area contributed by atoms with Gasteiger partial charge in [-0.1, -0.05) is 0 Å². The molecular formula is C18H26N6O2S. The van der Waals surface area contributed by atoms with Crippen LogP contribution < -0.4 is 4.90 Å². The molecule has 3 saturated heterocycles. The molecule has 3 aliphatic rings. The van der Waals surface area contributed by atoms with Crippen molar-refractivity contribution in [3.63, 3.8) is 0 Å². The third-order valence-corrected chi connectivity index (χ3v) is 7.75. The number of nitrogens with zero attached hydrogens (tertiary/aromatic N) is 6. The molecule has 5 rings (SSSR count). The quantitative estimate of drug-likeness (QED) is 0.792. The minimum absolute atomic E-state index is 0.0229. The summed E-state index contributed by atoms with van der Waals surface area (Å²) in [7, 11) is -3.56. The summed E-state index contributed by atoms with van der Waals surface area (Å²) in [6, 6.07) is 1.97. The molecule has 0 N–H and O–H groups in total. The molecule has 0 amide bonds. The normalized spacial score (nSPS) is 23.0. The van der Waals surface area contributed by atoms with Crippen molar-refractivity contribution in [3.05, 3.63) is 29.5 Å². The highest BCUT2D eigenvalue weighted by Crippen LogP contribution is 2.40. The maximum atomic E-state index is 13.4. The van der Waals surface area contributed by atoms with Gasteiger partial charge in [0.15, 0.2) is 0 Å². The summed E-state index contributed by atoms with van der Waals surface area (Å²) >= 11 is 0. The highest BCUT2D eigenvalue weighted by Gasteiger charge is 2.52. The second-order valence-electron chi connectivity index (χ2n) is 7.78. The molecule has 2 unspecified atom stereocenters. The van der Waals surface area contributed by atoms with Crippen molar-refractivity contribution in [1.82, 2.24) is 24.1 Å². The molecule has 0 saturated carbocycles. The lowest BCUT2D eigenvalue weighted by Gasteiger charge is -2.55. The molecule has 2 aromatic heterocycles. The Morgan fingerprint density at radius 2 is 1.81 bits per heavy atom. The van der Waals surface area contributed by atoms with E-state index in [1.807, 2.05) is 33.8 Å². The number of aromatic nitrogens is 4. The van der Waals surface area contributed by atoms with Crippen LogP contribution in [0.5, 0.6) is 0 Å². The number of rotatable bonds is 4. The highest BCUT2D eigenvalue weighted by atomic mass is 32.2. The van der Waals surface area contributed by atoms with Crippen LogP contribution >= 0.6 is 0 Å². The van der Waals surface area contributed by atoms with Crippen LogP contribution in [0.4, 0.5) is 5.82 Å². The van der Waals surface area contributed by atoms with Gasteiger partial charge in [-0.2, -0.15) is 9.40 Å². The number of fused-ring (bicyclic) bond motifs is 2. The van der Waals surface area contributed by atoms with Crippen molar-refractivity contribution in [2.24, 2.45) is 0 Å². The van der Waals surface area contributed by atoms with E-state index in [1.54, 1.807) is 22.1 Å². The molecule has 5 heterocycles. The fraction of sp³-hybridized carbons (Fsp3) is 0.611. The van der Waals surface area contributed by atoms with Crippen LogP contribution in [0, 0.1) is 20.8 Å². The first-order chi connectivity index (χ1) is 12.7. The Labute approximate surface area is 160 Å². The lowest BCUT2D eigenvalue weighted by molar-refractivity contribution is 0.0873. The van der Waals surface area contributed by atoms with E-state index in [0.717, 1.165) is 23.8 Å². The Balaban J connectivity index is 1.61. The first-order valence-electron chi connectivity index (χ1n) is 9.34. The minimum atomic E-state index is -3.56. The molecule has 9 heteroatoms. The summed E-state index contributed by atoms with van der Waals surface area (Å²) in [5, 5.41) is 4.47. The first-order valence-corrected chi connectivity index (χ1v) is 10.8. The van der Waals surface area contributed by atoms with Crippen molar-refractivity contribution >= 4 is 15.8 Å². The third-order valence-electron chi connectivity index (χ3n) is 5.49. The number of anilines is 1. The molecule has 146 valence electrons. The lowest BCUT2D eigenvalue weighted by Crippen LogP contribution is -2.70. The highest BCUT2D eigenvalue weighted by molar-refractivity contribution is 7.89. The fourth-order valence-electron chi connectivity index (χ4n) is 4.40. The molecule has 3 aliphatic heterocycles. The summed E-state index contributed by atoms with van der Waals surface area (Å²) in [4.78, 5) is 11.2. The number of piperazine rings is 1. The minimum Gasteiger partial charge on any atom is -0.353 e. The second kappa shape index (κ2) is 6.27. The predicted molar refractivity (Wildman–Crippen MR) is 102 cm³/mol. The van der Waals surface area contributed by atoms with Crippen molar-refractivity contribution in [2.45, 2.75) is 64.1 Å². The van der Waals surface area contributed by atoms with Crippen LogP contribution in [0.25, 0.3) is 0 Å². The van der Waals surface area contributed by atoms with Crippen LogP contribution in [0.3, 0.4) is 0 Å². The summed E-state index contributed by atoms with van der Waals surface area (Å²) in [5.74, 6) is 1.60. The van der Waals surface area contributed by atoms with E-state index in [2.05, 4.69) is 20.0 Å². The number of hydrogen-bond acceptors (Lipinski definition) is 6. The number of piperidine rings is 1. The molecule has 2 bridgehead atoms. The van der Waals surface area contributed by atoms with Crippen molar-refractivity contribution in [3.8, 4) is 0 Å². The molecule has 0 radical (unpaired) electrons. The first kappa shape index (κ1) is 18.4. The van der Waals surface area contributed by atoms with Crippen molar-refractivity contribution in [1.29, 1.82) is 0 Å². The molecule has 0 spiro atoms. The standard InChI is InChI=1S/C18H26N6O2S/c1-11(2)23-13(4)18(12(3)21-23)27(25,26)24-15-8-16(24)10-22(9-15)17-6-7-19-14(5)20-17/h6-7,11,15-16H,8-10H2,1-5H3. The Kier molecular flexibility index (Phi) is 4.27. The van der Waals surface area contributed by atoms with Crippen LogP contribution in [-0.2, 0) is 10.0 Å². The molecule has 8 nitrogen and oxygen atoms in total. The zero-order valence-electron chi connectivity index (χ0n) is 16.4. The van der Waals surface area contributed by atoms with Gasteiger partial charge in [-0.15, -0.1) is 0 Å². The van der Waals surface area contributed by atoms with Crippen molar-refractivity contribution < 1.29 is 8.42 Å². The van der Waals surface area contributed by atoms with Gasteiger partial charge >= 0.3 is 0 Å². The van der Waals surface area contributed by atoms with Crippen LogP contribution in [0.2, 0.25) is 0 Å². The summed E-state index contributed by atoms with van der Waals surface area (Å²) in [6.07, 6.45) is 2.65. The van der Waals surface area contributed by atoms with Gasteiger partial charge in [0.1, 0.15) is 16.5 Å². The topological polar surface area (TPSA) is 84.2 Å². The van der Waals surface area contributed by atoms with E-state index < -0.39 is 10.0 Å². The van der Waals surface area contributed by atoms with Crippen molar-refractivity contribution in [2.75, 3.05) is 18.0 Å². The molecule has 2 aromatic rings. The zero-order valence-corrected chi connectivity index (χ0v) is 17.2. The van der Waals surface area contributed by atoms with Crippen LogP contribution in [0.15, 0.2) is 17.2 Å². The van der Waals surface area contributed by atoms with Gasteiger partial charge in [-0.05, 0) is 47.1 Å². The van der Waals surface area contributed by atoms with Gasteiger partial charge in [-0.3, -0.25) is 4.68 Å². The third kappa shape index (κ3) is 2.84. The Bertz CT molecular complexity index is 972. The average Bonchev–Trinajstić information content (AvgIpc) is 2.90. The van der Waals surface area contributed by atoms with Gasteiger partial charge < -0.3 is 4.90 Å². The molecular weight excluding hydrogens is 364 g/mol. The maximum Gasteiger partial charge on any atom is 0.247 e. The molecule has 0 aromatic carbocycles. The molecule has 3 fully saturated rings. The van der Waals surface area contributed by atoms with Gasteiger partial charge in [0.25, 0.3) is 0 Å². The molecule has 27 heavy (non-hydrogen) atoms. The largest absolute Gasteiger partial charge is 0.353 e. The smallest absolute Gasteiger partial charge is 0.247 e. The van der Waals surface area contributed by atoms with E-state index in [1.165, 1.54) is 0 Å². The van der Waals surface area contributed by atoms with Gasteiger partial charge in [0, 0.05) is 37.4 Å².